The zero-order valence-corrected chi connectivity index (χ0v) is 29.5. The highest BCUT2D eigenvalue weighted by molar-refractivity contribution is 9.10. The highest BCUT2D eigenvalue weighted by Crippen LogP contribution is 2.15. The van der Waals surface area contributed by atoms with E-state index < -0.39 is 0 Å². The Labute approximate surface area is 290 Å². The van der Waals surface area contributed by atoms with Crippen molar-refractivity contribution in [3.8, 4) is 0 Å². The van der Waals surface area contributed by atoms with E-state index >= 15 is 0 Å². The third-order valence-electron chi connectivity index (χ3n) is 7.50. The number of hydrogen-bond acceptors (Lipinski definition) is 4. The number of hydrogen-bond donors (Lipinski definition) is 3. The lowest BCUT2D eigenvalue weighted by molar-refractivity contribution is 0.192. The van der Waals surface area contributed by atoms with Gasteiger partial charge in [-0.05, 0) is 59.4 Å². The van der Waals surface area contributed by atoms with E-state index in [-0.39, 0.29) is 7.43 Å². The van der Waals surface area contributed by atoms with Gasteiger partial charge >= 0.3 is 0 Å². The van der Waals surface area contributed by atoms with Crippen molar-refractivity contribution in [3.63, 3.8) is 0 Å². The van der Waals surface area contributed by atoms with E-state index in [1.165, 1.54) is 22.3 Å². The Bertz CT molecular complexity index is 1280. The number of piperazine rings is 2. The first-order valence-corrected chi connectivity index (χ1v) is 17.8. The molecule has 2 fully saturated rings. The van der Waals surface area contributed by atoms with Crippen LogP contribution in [-0.2, 0) is 24.7 Å². The first kappa shape index (κ1) is 36.6. The van der Waals surface area contributed by atoms with Gasteiger partial charge in [0.25, 0.3) is 0 Å². The fourth-order valence-electron chi connectivity index (χ4n) is 5.25. The molecule has 236 valence electrons. The van der Waals surface area contributed by atoms with Crippen molar-refractivity contribution < 1.29 is 0 Å². The van der Waals surface area contributed by atoms with Gasteiger partial charge in [0.1, 0.15) is 0 Å². The van der Waals surface area contributed by atoms with Crippen LogP contribution in [0, 0.1) is 0 Å². The predicted molar refractivity (Wildman–Crippen MR) is 200 cm³/mol. The molecule has 2 aliphatic rings. The van der Waals surface area contributed by atoms with Gasteiger partial charge in [-0.1, -0.05) is 140 Å². The highest BCUT2D eigenvalue weighted by Gasteiger charge is 2.19. The van der Waals surface area contributed by atoms with Gasteiger partial charge in [0.2, 0.25) is 0 Å². The summed E-state index contributed by atoms with van der Waals surface area (Å²) in [6.45, 7) is 7.65. The molecule has 7 heteroatoms. The molecule has 0 bridgehead atoms. The minimum Gasteiger partial charge on any atom is -0.314 e. The molecule has 6 rings (SSSR count). The summed E-state index contributed by atoms with van der Waals surface area (Å²) in [5, 5.41) is 11.5. The molecule has 0 spiro atoms. The molecule has 0 unspecified atom stereocenters. The van der Waals surface area contributed by atoms with Crippen LogP contribution in [0.3, 0.4) is 0 Å². The summed E-state index contributed by atoms with van der Waals surface area (Å²) in [4.78, 5) is 2.55. The van der Waals surface area contributed by atoms with Crippen molar-refractivity contribution in [2.24, 2.45) is 0 Å². The van der Waals surface area contributed by atoms with Crippen LogP contribution in [0.25, 0.3) is 0 Å². The van der Waals surface area contributed by atoms with Crippen LogP contribution in [0.2, 0.25) is 0 Å². The number of nitrogens with zero attached hydrogens (tertiary/aromatic N) is 1. The molecule has 2 heterocycles. The summed E-state index contributed by atoms with van der Waals surface area (Å²) >= 11 is 10.2. The van der Waals surface area contributed by atoms with Crippen LogP contribution >= 0.6 is 47.8 Å². The maximum Gasteiger partial charge on any atom is 0.0283 e. The number of alkyl halides is 1. The van der Waals surface area contributed by atoms with E-state index in [1.54, 1.807) is 0 Å². The molecule has 0 radical (unpaired) electrons. The fraction of sp³-hybridized carbons (Fsp3) is 0.351. The van der Waals surface area contributed by atoms with Gasteiger partial charge in [-0.15, -0.1) is 0 Å². The first-order chi connectivity index (χ1) is 21.1. The SMILES string of the molecule is BrCc1ccc(Br)cc1.Brc1ccc(CN2CCN[C@@H](Cc3ccccc3)C2)cc1.C.c1ccc(C[C@H]2CNCCN2)cc1. The van der Waals surface area contributed by atoms with E-state index in [0.29, 0.717) is 12.1 Å². The molecule has 4 aromatic carbocycles. The van der Waals surface area contributed by atoms with E-state index in [9.17, 15) is 0 Å². The second-order valence-corrected chi connectivity index (χ2v) is 13.4. The average molecular weight is 788 g/mol. The summed E-state index contributed by atoms with van der Waals surface area (Å²) in [6, 6.07) is 39.5. The van der Waals surface area contributed by atoms with Crippen LogP contribution < -0.4 is 16.0 Å². The quantitative estimate of drug-likeness (QED) is 0.165. The van der Waals surface area contributed by atoms with E-state index in [0.717, 1.165) is 72.9 Å². The molecule has 3 N–H and O–H groups in total. The second kappa shape index (κ2) is 21.0. The van der Waals surface area contributed by atoms with E-state index in [4.69, 9.17) is 0 Å². The molecule has 2 aliphatic heterocycles. The summed E-state index contributed by atoms with van der Waals surface area (Å²) in [6.07, 6.45) is 2.24. The Hall–Kier alpha value is -1.84. The Morgan fingerprint density at radius 2 is 1.11 bits per heavy atom. The van der Waals surface area contributed by atoms with Gasteiger partial charge in [-0.2, -0.15) is 0 Å². The summed E-state index contributed by atoms with van der Waals surface area (Å²) in [5.74, 6) is 0. The summed E-state index contributed by atoms with van der Waals surface area (Å²) in [5.41, 5.74) is 5.53. The molecular formula is C37H47Br3N4. The first-order valence-electron chi connectivity index (χ1n) is 15.1. The molecule has 2 atom stereocenters. The molecule has 4 nitrogen and oxygen atoms in total. The van der Waals surface area contributed by atoms with Gasteiger partial charge in [0, 0.05) is 72.2 Å². The topological polar surface area (TPSA) is 39.3 Å². The second-order valence-electron chi connectivity index (χ2n) is 11.0. The van der Waals surface area contributed by atoms with E-state index in [1.807, 2.05) is 12.1 Å². The maximum atomic E-state index is 3.64. The third kappa shape index (κ3) is 14.1. The molecule has 2 saturated heterocycles. The molecule has 0 amide bonds. The van der Waals surface area contributed by atoms with Crippen molar-refractivity contribution in [2.75, 3.05) is 39.3 Å². The Balaban J connectivity index is 0.000000197. The lowest BCUT2D eigenvalue weighted by Gasteiger charge is -2.34. The van der Waals surface area contributed by atoms with Gasteiger partial charge in [-0.25, -0.2) is 0 Å². The molecule has 44 heavy (non-hydrogen) atoms. The zero-order valence-electron chi connectivity index (χ0n) is 24.7. The normalized spacial score (nSPS) is 18.1. The van der Waals surface area contributed by atoms with Gasteiger partial charge in [0.05, 0.1) is 0 Å². The molecule has 0 aliphatic carbocycles. The fourth-order valence-corrected chi connectivity index (χ4v) is 6.15. The summed E-state index contributed by atoms with van der Waals surface area (Å²) in [7, 11) is 0. The number of nitrogens with one attached hydrogen (secondary N) is 3. The van der Waals surface area contributed by atoms with Crippen molar-refractivity contribution in [1.82, 2.24) is 20.9 Å². The Morgan fingerprint density at radius 3 is 1.64 bits per heavy atom. The molecular weight excluding hydrogens is 740 g/mol. The third-order valence-corrected chi connectivity index (χ3v) is 9.21. The molecule has 4 aromatic rings. The Morgan fingerprint density at radius 1 is 0.591 bits per heavy atom. The van der Waals surface area contributed by atoms with E-state index in [2.05, 4.69) is 166 Å². The zero-order chi connectivity index (χ0) is 30.1. The number of rotatable bonds is 7. The highest BCUT2D eigenvalue weighted by atomic mass is 79.9. The maximum absolute atomic E-state index is 3.64. The van der Waals surface area contributed by atoms with Gasteiger partial charge < -0.3 is 16.0 Å². The van der Waals surface area contributed by atoms with Crippen LogP contribution in [0.4, 0.5) is 0 Å². The molecule has 0 saturated carbocycles. The van der Waals surface area contributed by atoms with Crippen LogP contribution in [0.1, 0.15) is 29.7 Å². The van der Waals surface area contributed by atoms with Gasteiger partial charge in [-0.3, -0.25) is 4.90 Å². The van der Waals surface area contributed by atoms with Crippen molar-refractivity contribution in [2.45, 2.75) is 44.2 Å². The lowest BCUT2D eigenvalue weighted by atomic mass is 10.0. The summed E-state index contributed by atoms with van der Waals surface area (Å²) < 4.78 is 2.28. The van der Waals surface area contributed by atoms with Gasteiger partial charge in [0.15, 0.2) is 0 Å². The Kier molecular flexibility index (Phi) is 17.5. The van der Waals surface area contributed by atoms with Crippen LogP contribution in [0.5, 0.6) is 0 Å². The number of halogens is 3. The minimum atomic E-state index is 0. The van der Waals surface area contributed by atoms with Crippen molar-refractivity contribution in [1.29, 1.82) is 0 Å². The molecule has 0 aromatic heterocycles. The van der Waals surface area contributed by atoms with Crippen molar-refractivity contribution >= 4 is 47.8 Å². The predicted octanol–water partition coefficient (Wildman–Crippen LogP) is 8.24. The van der Waals surface area contributed by atoms with Crippen LogP contribution in [-0.4, -0.2) is 56.3 Å². The minimum absolute atomic E-state index is 0. The average Bonchev–Trinajstić information content (AvgIpc) is 3.05. The smallest absolute Gasteiger partial charge is 0.0283 e. The lowest BCUT2D eigenvalue weighted by Crippen LogP contribution is -2.51. The van der Waals surface area contributed by atoms with Crippen LogP contribution in [0.15, 0.2) is 118 Å². The van der Waals surface area contributed by atoms with Crippen molar-refractivity contribution in [3.05, 3.63) is 140 Å². The standard InChI is InChI=1S/C18H21BrN2.C11H16N2.C7H6Br2.CH4/c19-17-8-6-16(7-9-17)13-21-11-10-20-18(14-21)12-15-4-2-1-3-5-15;1-2-4-10(5-3-1)8-11-9-12-6-7-13-11;8-5-6-1-3-7(9)4-2-6;/h1-9,18,20H,10-14H2;1-5,11-13H,6-9H2;1-4H,5H2;1H4/t18-;11-;;/m00../s1. The largest absolute Gasteiger partial charge is 0.314 e. The monoisotopic (exact) mass is 784 g/mol. The number of benzene rings is 4.